The summed E-state index contributed by atoms with van der Waals surface area (Å²) in [5.74, 6) is -2.21. The predicted molar refractivity (Wildman–Crippen MR) is 80.7 cm³/mol. The maximum absolute atomic E-state index is 12.3. The van der Waals surface area contributed by atoms with Crippen molar-refractivity contribution >= 4 is 40.5 Å². The number of rotatable bonds is 5. The Bertz CT molecular complexity index is 646. The number of carbonyl (C=O) groups excluding carboxylic acids is 3. The van der Waals surface area contributed by atoms with Crippen LogP contribution in [0.15, 0.2) is 24.3 Å². The third kappa shape index (κ3) is 3.45. The molecule has 0 bridgehead atoms. The Morgan fingerprint density at radius 1 is 1.32 bits per heavy atom. The van der Waals surface area contributed by atoms with Crippen molar-refractivity contribution in [2.45, 2.75) is 18.6 Å². The monoisotopic (exact) mass is 322 g/mol. The van der Waals surface area contributed by atoms with Crippen LogP contribution in [0.1, 0.15) is 12.0 Å². The number of carbonyl (C=O) groups is 4. The number of hydrogen-bond acceptors (Lipinski definition) is 5. The second-order valence-corrected chi connectivity index (χ2v) is 5.86. The average molecular weight is 322 g/mol. The normalized spacial score (nSPS) is 17.7. The predicted octanol–water partition coefficient (Wildman–Crippen LogP) is 1.15. The smallest absolute Gasteiger partial charge is 0.322 e. The minimum absolute atomic E-state index is 0.231. The van der Waals surface area contributed by atoms with Crippen LogP contribution >= 0.6 is 11.8 Å². The number of thioether (sulfide) groups is 1. The minimum Gasteiger partial charge on any atom is -0.480 e. The van der Waals surface area contributed by atoms with Gasteiger partial charge in [-0.1, -0.05) is 18.2 Å². The molecule has 0 aromatic heterocycles. The van der Waals surface area contributed by atoms with Crippen molar-refractivity contribution in [3.8, 4) is 0 Å². The van der Waals surface area contributed by atoms with E-state index in [-0.39, 0.29) is 6.42 Å². The zero-order chi connectivity index (χ0) is 16.3. The molecule has 116 valence electrons. The van der Waals surface area contributed by atoms with Crippen LogP contribution in [0, 0.1) is 6.92 Å². The Kier molecular flexibility index (Phi) is 4.81. The van der Waals surface area contributed by atoms with Crippen LogP contribution in [0.2, 0.25) is 0 Å². The van der Waals surface area contributed by atoms with Gasteiger partial charge in [0, 0.05) is 6.42 Å². The molecule has 1 aliphatic heterocycles. The summed E-state index contributed by atoms with van der Waals surface area (Å²) in [7, 11) is 0. The fourth-order valence-electron chi connectivity index (χ4n) is 2.03. The molecule has 1 aromatic rings. The van der Waals surface area contributed by atoms with Gasteiger partial charge in [-0.2, -0.15) is 0 Å². The van der Waals surface area contributed by atoms with Crippen LogP contribution < -0.4 is 10.2 Å². The number of nitrogens with zero attached hydrogens (tertiary/aromatic N) is 1. The van der Waals surface area contributed by atoms with Crippen molar-refractivity contribution in [3.05, 3.63) is 29.8 Å². The van der Waals surface area contributed by atoms with Gasteiger partial charge in [0.1, 0.15) is 11.8 Å². The first-order valence-electron chi connectivity index (χ1n) is 6.49. The summed E-state index contributed by atoms with van der Waals surface area (Å²) in [6.45, 7) is 1.27. The summed E-state index contributed by atoms with van der Waals surface area (Å²) in [6, 6.07) is 6.97. The molecule has 7 nitrogen and oxygen atoms in total. The van der Waals surface area contributed by atoms with Crippen molar-refractivity contribution in [1.29, 1.82) is 0 Å². The molecule has 0 radical (unpaired) electrons. The van der Waals surface area contributed by atoms with Gasteiger partial charge in [0.25, 0.3) is 5.24 Å². The van der Waals surface area contributed by atoms with E-state index in [0.717, 1.165) is 22.2 Å². The molecule has 8 heteroatoms. The zero-order valence-corrected chi connectivity index (χ0v) is 12.6. The first-order chi connectivity index (χ1) is 10.4. The molecule has 2 rings (SSSR count). The van der Waals surface area contributed by atoms with Gasteiger partial charge in [-0.25, -0.2) is 4.90 Å². The van der Waals surface area contributed by atoms with Gasteiger partial charge in [-0.05, 0) is 30.3 Å². The standard InChI is InChI=1S/C14H14N2O5S/c1-8-4-2-3-5-9(8)16-13(20)10(22-14(16)21)6-11(17)15-7-12(18)19/h2-5,10H,6-7H2,1H3,(H,15,17)(H,18,19). The van der Waals surface area contributed by atoms with E-state index in [2.05, 4.69) is 5.32 Å². The second kappa shape index (κ2) is 6.61. The van der Waals surface area contributed by atoms with E-state index in [9.17, 15) is 19.2 Å². The van der Waals surface area contributed by atoms with E-state index in [0.29, 0.717) is 5.69 Å². The highest BCUT2D eigenvalue weighted by molar-refractivity contribution is 8.15. The average Bonchev–Trinajstić information content (AvgIpc) is 2.72. The highest BCUT2D eigenvalue weighted by Crippen LogP contribution is 2.34. The lowest BCUT2D eigenvalue weighted by Gasteiger charge is -2.16. The first kappa shape index (κ1) is 16.0. The molecule has 2 N–H and O–H groups in total. The van der Waals surface area contributed by atoms with E-state index < -0.39 is 34.8 Å². The van der Waals surface area contributed by atoms with Crippen LogP contribution in [-0.2, 0) is 14.4 Å². The van der Waals surface area contributed by atoms with Crippen LogP contribution in [0.3, 0.4) is 0 Å². The van der Waals surface area contributed by atoms with E-state index >= 15 is 0 Å². The molecule has 1 atom stereocenters. The summed E-state index contributed by atoms with van der Waals surface area (Å²) in [6.07, 6.45) is -0.231. The van der Waals surface area contributed by atoms with Crippen molar-refractivity contribution in [2.75, 3.05) is 11.4 Å². The Morgan fingerprint density at radius 2 is 2.00 bits per heavy atom. The van der Waals surface area contributed by atoms with E-state index in [1.807, 2.05) is 0 Å². The molecule has 1 aromatic carbocycles. The molecule has 22 heavy (non-hydrogen) atoms. The van der Waals surface area contributed by atoms with Gasteiger partial charge in [-0.15, -0.1) is 0 Å². The highest BCUT2D eigenvalue weighted by atomic mass is 32.2. The molecule has 1 saturated heterocycles. The number of hydrogen-bond donors (Lipinski definition) is 2. The van der Waals surface area contributed by atoms with Crippen molar-refractivity contribution in [1.82, 2.24) is 5.32 Å². The molecule has 0 spiro atoms. The first-order valence-corrected chi connectivity index (χ1v) is 7.37. The number of aliphatic carboxylic acids is 1. The lowest BCUT2D eigenvalue weighted by molar-refractivity contribution is -0.137. The van der Waals surface area contributed by atoms with Gasteiger partial charge in [0.15, 0.2) is 0 Å². The van der Waals surface area contributed by atoms with Crippen molar-refractivity contribution < 1.29 is 24.3 Å². The Hall–Kier alpha value is -2.35. The summed E-state index contributed by atoms with van der Waals surface area (Å²) in [5, 5.41) is 9.40. The number of nitrogens with one attached hydrogen (secondary N) is 1. The molecule has 0 aliphatic carbocycles. The third-order valence-electron chi connectivity index (χ3n) is 3.09. The number of carboxylic acids is 1. The third-order valence-corrected chi connectivity index (χ3v) is 4.12. The number of amides is 3. The maximum Gasteiger partial charge on any atom is 0.322 e. The summed E-state index contributed by atoms with van der Waals surface area (Å²) in [5.41, 5.74) is 1.28. The molecule has 0 saturated carbocycles. The maximum atomic E-state index is 12.3. The minimum atomic E-state index is -1.17. The summed E-state index contributed by atoms with van der Waals surface area (Å²) in [4.78, 5) is 47.4. The summed E-state index contributed by atoms with van der Waals surface area (Å²) < 4.78 is 0. The molecule has 1 unspecified atom stereocenters. The molecule has 1 aliphatic rings. The van der Waals surface area contributed by atoms with E-state index in [4.69, 9.17) is 5.11 Å². The fourth-order valence-corrected chi connectivity index (χ4v) is 3.01. The van der Waals surface area contributed by atoms with Crippen LogP contribution in [0.5, 0.6) is 0 Å². The SMILES string of the molecule is Cc1ccccc1N1C(=O)SC(CC(=O)NCC(=O)O)C1=O. The van der Waals surface area contributed by atoms with Gasteiger partial charge >= 0.3 is 5.97 Å². The molecule has 1 heterocycles. The van der Waals surface area contributed by atoms with Gasteiger partial charge in [0.05, 0.1) is 5.69 Å². The highest BCUT2D eigenvalue weighted by Gasteiger charge is 2.41. The quantitative estimate of drug-likeness (QED) is 0.843. The lowest BCUT2D eigenvalue weighted by atomic mass is 10.1. The number of anilines is 1. The second-order valence-electron chi connectivity index (χ2n) is 4.71. The van der Waals surface area contributed by atoms with Crippen LogP contribution in [0.25, 0.3) is 0 Å². The Morgan fingerprint density at radius 3 is 2.64 bits per heavy atom. The number of imide groups is 1. The van der Waals surface area contributed by atoms with Crippen molar-refractivity contribution in [2.24, 2.45) is 0 Å². The summed E-state index contributed by atoms with van der Waals surface area (Å²) >= 11 is 0.777. The number of aryl methyl sites for hydroxylation is 1. The number of carboxylic acid groups (broad SMARTS) is 1. The topological polar surface area (TPSA) is 104 Å². The van der Waals surface area contributed by atoms with Gasteiger partial charge in [0.2, 0.25) is 11.8 Å². The van der Waals surface area contributed by atoms with E-state index in [1.54, 1.807) is 31.2 Å². The Labute approximate surface area is 130 Å². The van der Waals surface area contributed by atoms with Crippen LogP contribution in [0.4, 0.5) is 10.5 Å². The molecular formula is C14H14N2O5S. The van der Waals surface area contributed by atoms with Gasteiger partial charge < -0.3 is 10.4 Å². The number of para-hydroxylation sites is 1. The van der Waals surface area contributed by atoms with E-state index in [1.165, 1.54) is 0 Å². The van der Waals surface area contributed by atoms with Crippen LogP contribution in [-0.4, -0.2) is 39.9 Å². The Balaban J connectivity index is 2.08. The zero-order valence-electron chi connectivity index (χ0n) is 11.7. The molecular weight excluding hydrogens is 308 g/mol. The van der Waals surface area contributed by atoms with Crippen molar-refractivity contribution in [3.63, 3.8) is 0 Å². The molecule has 1 fully saturated rings. The largest absolute Gasteiger partial charge is 0.480 e. The molecule has 3 amide bonds. The lowest BCUT2D eigenvalue weighted by Crippen LogP contribution is -2.36. The number of benzene rings is 1. The fraction of sp³-hybridized carbons (Fsp3) is 0.286. The van der Waals surface area contributed by atoms with Gasteiger partial charge in [-0.3, -0.25) is 19.2 Å².